The number of para-hydroxylation sites is 2. The number of carbonyl (C=O) groups is 4. The van der Waals surface area contributed by atoms with Crippen LogP contribution in [0.15, 0.2) is 48.5 Å². The monoisotopic (exact) mass is 436 g/mol. The lowest BCUT2D eigenvalue weighted by atomic mass is 10.0. The van der Waals surface area contributed by atoms with Gasteiger partial charge in [-0.2, -0.15) is 0 Å². The van der Waals surface area contributed by atoms with E-state index in [2.05, 4.69) is 12.2 Å². The first kappa shape index (κ1) is 23.2. The summed E-state index contributed by atoms with van der Waals surface area (Å²) in [5, 5.41) is 2.70. The maximum Gasteiger partial charge on any atom is 0.306 e. The lowest BCUT2D eigenvalue weighted by Crippen LogP contribution is -2.44. The van der Waals surface area contributed by atoms with E-state index in [0.717, 1.165) is 12.8 Å². The summed E-state index contributed by atoms with van der Waals surface area (Å²) in [5.74, 6) is -1.58. The first-order valence-corrected chi connectivity index (χ1v) is 10.9. The summed E-state index contributed by atoms with van der Waals surface area (Å²) in [6.45, 7) is 1.54. The Hall–Kier alpha value is -3.48. The molecule has 0 aliphatic carbocycles. The van der Waals surface area contributed by atoms with Crippen LogP contribution in [0, 0.1) is 0 Å². The molecule has 2 amide bonds. The molecular formula is C25H28N2O5. The Morgan fingerprint density at radius 1 is 1.00 bits per heavy atom. The van der Waals surface area contributed by atoms with E-state index in [-0.39, 0.29) is 31.1 Å². The van der Waals surface area contributed by atoms with Crippen molar-refractivity contribution in [1.29, 1.82) is 0 Å². The number of esters is 1. The third kappa shape index (κ3) is 6.26. The van der Waals surface area contributed by atoms with Crippen molar-refractivity contribution in [2.75, 3.05) is 23.4 Å². The van der Waals surface area contributed by atoms with Crippen LogP contribution in [0.4, 0.5) is 11.4 Å². The van der Waals surface area contributed by atoms with Gasteiger partial charge in [0.1, 0.15) is 6.54 Å². The number of nitrogens with one attached hydrogen (secondary N) is 1. The van der Waals surface area contributed by atoms with Crippen molar-refractivity contribution in [2.45, 2.75) is 45.4 Å². The maximum atomic E-state index is 12.5. The van der Waals surface area contributed by atoms with Gasteiger partial charge < -0.3 is 10.1 Å². The minimum absolute atomic E-state index is 0.0111. The van der Waals surface area contributed by atoms with Gasteiger partial charge in [0.15, 0.2) is 12.4 Å². The molecule has 1 N–H and O–H groups in total. The summed E-state index contributed by atoms with van der Waals surface area (Å²) in [7, 11) is 0. The number of benzene rings is 2. The van der Waals surface area contributed by atoms with Crippen LogP contribution in [0.3, 0.4) is 0 Å². The molecule has 0 saturated carbocycles. The fraction of sp³-hybridized carbons (Fsp3) is 0.360. The van der Waals surface area contributed by atoms with Crippen LogP contribution in [0.2, 0.25) is 0 Å². The zero-order valence-corrected chi connectivity index (χ0v) is 18.3. The normalized spacial score (nSPS) is 12.7. The molecule has 1 aliphatic heterocycles. The average Bonchev–Trinajstić information content (AvgIpc) is 2.81. The first-order valence-electron chi connectivity index (χ1n) is 10.9. The zero-order valence-electron chi connectivity index (χ0n) is 18.3. The number of nitrogens with zero attached hydrogens (tertiary/aromatic N) is 1. The van der Waals surface area contributed by atoms with Gasteiger partial charge in [0.25, 0.3) is 5.91 Å². The number of anilines is 2. The topological polar surface area (TPSA) is 92.8 Å². The number of aryl methyl sites for hydroxylation is 1. The molecule has 0 atom stereocenters. The van der Waals surface area contributed by atoms with Crippen LogP contribution in [0.1, 0.15) is 54.9 Å². The van der Waals surface area contributed by atoms with Crippen LogP contribution in [0.25, 0.3) is 0 Å². The molecule has 0 saturated heterocycles. The highest BCUT2D eigenvalue weighted by atomic mass is 16.5. The number of amides is 2. The SMILES string of the molecule is CCCCCc1ccc(C(=O)CCC(=O)OCC(=O)N2CC(=O)Nc3ccccc32)cc1. The van der Waals surface area contributed by atoms with Gasteiger partial charge in [0.05, 0.1) is 17.8 Å². The maximum absolute atomic E-state index is 12.5. The van der Waals surface area contributed by atoms with E-state index in [0.29, 0.717) is 16.9 Å². The predicted octanol–water partition coefficient (Wildman–Crippen LogP) is 3.91. The molecule has 1 heterocycles. The van der Waals surface area contributed by atoms with Crippen molar-refractivity contribution in [3.8, 4) is 0 Å². The van der Waals surface area contributed by atoms with Gasteiger partial charge >= 0.3 is 5.97 Å². The van der Waals surface area contributed by atoms with Crippen LogP contribution in [0.5, 0.6) is 0 Å². The van der Waals surface area contributed by atoms with Crippen molar-refractivity contribution >= 4 is 34.9 Å². The number of unbranched alkanes of at least 4 members (excludes halogenated alkanes) is 2. The molecule has 7 nitrogen and oxygen atoms in total. The second-order valence-corrected chi connectivity index (χ2v) is 7.78. The molecule has 0 spiro atoms. The third-order valence-corrected chi connectivity index (χ3v) is 5.33. The third-order valence-electron chi connectivity index (χ3n) is 5.33. The quantitative estimate of drug-likeness (QED) is 0.346. The molecule has 2 aromatic carbocycles. The zero-order chi connectivity index (χ0) is 22.9. The Labute approximate surface area is 187 Å². The summed E-state index contributed by atoms with van der Waals surface area (Å²) in [4.78, 5) is 50.0. The lowest BCUT2D eigenvalue weighted by molar-refractivity contribution is -0.147. The van der Waals surface area contributed by atoms with E-state index in [4.69, 9.17) is 4.74 Å². The van der Waals surface area contributed by atoms with Crippen molar-refractivity contribution in [1.82, 2.24) is 0 Å². The van der Waals surface area contributed by atoms with Crippen molar-refractivity contribution in [3.05, 3.63) is 59.7 Å². The minimum Gasteiger partial charge on any atom is -0.456 e. The number of rotatable bonds is 10. The van der Waals surface area contributed by atoms with E-state index in [1.165, 1.54) is 23.3 Å². The molecule has 168 valence electrons. The van der Waals surface area contributed by atoms with Gasteiger partial charge in [-0.05, 0) is 30.5 Å². The van der Waals surface area contributed by atoms with Gasteiger partial charge in [-0.25, -0.2) is 0 Å². The molecule has 0 unspecified atom stereocenters. The number of hydrogen-bond donors (Lipinski definition) is 1. The highest BCUT2D eigenvalue weighted by Crippen LogP contribution is 2.28. The summed E-state index contributed by atoms with van der Waals surface area (Å²) >= 11 is 0. The summed E-state index contributed by atoms with van der Waals surface area (Å²) in [5.41, 5.74) is 2.84. The fourth-order valence-corrected chi connectivity index (χ4v) is 3.54. The van der Waals surface area contributed by atoms with E-state index < -0.39 is 18.5 Å². The van der Waals surface area contributed by atoms with Crippen molar-refractivity contribution in [2.24, 2.45) is 0 Å². The Morgan fingerprint density at radius 2 is 1.75 bits per heavy atom. The second kappa shape index (κ2) is 11.2. The average molecular weight is 437 g/mol. The number of ether oxygens (including phenoxy) is 1. The van der Waals surface area contributed by atoms with Crippen LogP contribution >= 0.6 is 0 Å². The molecule has 2 aromatic rings. The number of hydrogen-bond acceptors (Lipinski definition) is 5. The Morgan fingerprint density at radius 3 is 2.50 bits per heavy atom. The molecular weight excluding hydrogens is 408 g/mol. The van der Waals surface area contributed by atoms with Crippen molar-refractivity contribution < 1.29 is 23.9 Å². The Bertz CT molecular complexity index is 984. The smallest absolute Gasteiger partial charge is 0.306 e. The molecule has 0 aromatic heterocycles. The standard InChI is InChI=1S/C25H28N2O5/c1-2-3-4-7-18-10-12-19(13-11-18)22(28)14-15-25(31)32-17-24(30)27-16-23(29)26-20-8-5-6-9-21(20)27/h5-6,8-13H,2-4,7,14-17H2,1H3,(H,26,29). The van der Waals surface area contributed by atoms with Gasteiger partial charge in [-0.3, -0.25) is 24.1 Å². The van der Waals surface area contributed by atoms with Gasteiger partial charge in [0, 0.05) is 12.0 Å². The van der Waals surface area contributed by atoms with Crippen LogP contribution < -0.4 is 10.2 Å². The molecule has 0 bridgehead atoms. The van der Waals surface area contributed by atoms with E-state index in [1.807, 2.05) is 12.1 Å². The largest absolute Gasteiger partial charge is 0.456 e. The Kier molecular flexibility index (Phi) is 8.14. The van der Waals surface area contributed by atoms with E-state index in [1.54, 1.807) is 36.4 Å². The minimum atomic E-state index is -0.627. The van der Waals surface area contributed by atoms with Gasteiger partial charge in [-0.15, -0.1) is 0 Å². The van der Waals surface area contributed by atoms with Gasteiger partial charge in [-0.1, -0.05) is 56.2 Å². The predicted molar refractivity (Wildman–Crippen MR) is 122 cm³/mol. The number of fused-ring (bicyclic) bond motifs is 1. The fourth-order valence-electron chi connectivity index (χ4n) is 3.54. The van der Waals surface area contributed by atoms with E-state index in [9.17, 15) is 19.2 Å². The van der Waals surface area contributed by atoms with Crippen LogP contribution in [-0.4, -0.2) is 36.7 Å². The molecule has 7 heteroatoms. The van der Waals surface area contributed by atoms with Crippen LogP contribution in [-0.2, 0) is 25.5 Å². The molecule has 32 heavy (non-hydrogen) atoms. The van der Waals surface area contributed by atoms with Gasteiger partial charge in [0.2, 0.25) is 5.91 Å². The summed E-state index contributed by atoms with van der Waals surface area (Å²) in [6.07, 6.45) is 4.37. The first-order chi connectivity index (χ1) is 15.5. The molecule has 0 fully saturated rings. The Balaban J connectivity index is 1.45. The number of ketones is 1. The lowest BCUT2D eigenvalue weighted by Gasteiger charge is -2.28. The summed E-state index contributed by atoms with van der Waals surface area (Å²) in [6, 6.07) is 14.4. The molecule has 0 radical (unpaired) electrons. The highest BCUT2D eigenvalue weighted by Gasteiger charge is 2.27. The number of carbonyl (C=O) groups excluding carboxylic acids is 4. The molecule has 3 rings (SSSR count). The number of Topliss-reactive ketones (excluding diaryl/α,β-unsaturated/α-hetero) is 1. The summed E-state index contributed by atoms with van der Waals surface area (Å²) < 4.78 is 5.05. The highest BCUT2D eigenvalue weighted by molar-refractivity contribution is 6.10. The van der Waals surface area contributed by atoms with Crippen molar-refractivity contribution in [3.63, 3.8) is 0 Å². The van der Waals surface area contributed by atoms with E-state index >= 15 is 0 Å². The second-order valence-electron chi connectivity index (χ2n) is 7.78. The molecule has 1 aliphatic rings.